The molecule has 118 valence electrons. The van der Waals surface area contributed by atoms with Crippen LogP contribution in [0.25, 0.3) is 0 Å². The van der Waals surface area contributed by atoms with E-state index in [2.05, 4.69) is 0 Å². The third-order valence-electron chi connectivity index (χ3n) is 2.21. The molecule has 0 fully saturated rings. The van der Waals surface area contributed by atoms with Gasteiger partial charge in [-0.05, 0) is 0 Å². The monoisotopic (exact) mass is 362 g/mol. The molecule has 0 amide bonds. The molecule has 0 saturated carbocycles. The summed E-state index contributed by atoms with van der Waals surface area (Å²) in [7, 11) is 0. The first-order chi connectivity index (χ1) is 8.85. The summed E-state index contributed by atoms with van der Waals surface area (Å²) in [6.07, 6.45) is 0. The maximum absolute atomic E-state index is 10.4. The van der Waals surface area contributed by atoms with Crippen molar-refractivity contribution in [2.45, 2.75) is 0 Å². The summed E-state index contributed by atoms with van der Waals surface area (Å²) >= 11 is 0. The van der Waals surface area contributed by atoms with E-state index in [1.54, 1.807) is 0 Å². The van der Waals surface area contributed by atoms with Gasteiger partial charge >= 0.3 is 88.7 Å². The van der Waals surface area contributed by atoms with Crippen LogP contribution in [0.2, 0.25) is 0 Å². The molecular weight excluding hydrogens is 345 g/mol. The Balaban J connectivity index is -0.000000270. The van der Waals surface area contributed by atoms with Crippen LogP contribution < -0.4 is 104 Å². The van der Waals surface area contributed by atoms with E-state index in [0.29, 0.717) is 0 Å². The summed E-state index contributed by atoms with van der Waals surface area (Å²) in [5.74, 6) is -4.25. The number of carboxylic acid groups (broad SMARTS) is 3. The van der Waals surface area contributed by atoms with E-state index in [4.69, 9.17) is 5.11 Å². The minimum absolute atomic E-state index is 0. The largest absolute Gasteiger partial charge is 1.00 e. The minimum Gasteiger partial charge on any atom is -0.549 e. The zero-order valence-corrected chi connectivity index (χ0v) is 19.7. The smallest absolute Gasteiger partial charge is 0.549 e. The summed E-state index contributed by atoms with van der Waals surface area (Å²) in [5, 5.41) is 40.0. The predicted molar refractivity (Wildman–Crippen MR) is 58.6 cm³/mol. The number of carbonyl (C=O) groups excluding carboxylic acids is 3. The van der Waals surface area contributed by atoms with Crippen LogP contribution >= 0.6 is 0 Å². The second kappa shape index (κ2) is 21.3. The molecule has 0 spiro atoms. The average Bonchev–Trinajstić information content (AvgIpc) is 2.23. The average molecular weight is 362 g/mol. The van der Waals surface area contributed by atoms with Crippen LogP contribution in [0, 0.1) is 0 Å². The van der Waals surface area contributed by atoms with Crippen molar-refractivity contribution in [3.63, 3.8) is 0 Å². The van der Waals surface area contributed by atoms with Crippen LogP contribution in [0.5, 0.6) is 0 Å². The SMILES string of the molecule is O.O=C([O-])CN(CCO)CCN(CC(=O)[O-])CC(=O)[O-].[Na+].[Na+].[Na+]. The molecule has 23 heavy (non-hydrogen) atoms. The van der Waals surface area contributed by atoms with E-state index in [0.717, 1.165) is 4.90 Å². The predicted octanol–water partition coefficient (Wildman–Crippen LogP) is -16.0. The molecule has 0 bridgehead atoms. The molecule has 0 rings (SSSR count). The van der Waals surface area contributed by atoms with Crippen molar-refractivity contribution in [3.8, 4) is 0 Å². The van der Waals surface area contributed by atoms with Crippen molar-refractivity contribution in [3.05, 3.63) is 0 Å². The second-order valence-electron chi connectivity index (χ2n) is 3.83. The Hall–Kier alpha value is 1.25. The number of aliphatic hydroxyl groups is 1. The van der Waals surface area contributed by atoms with E-state index in [-0.39, 0.29) is 120 Å². The molecule has 0 atom stereocenters. The second-order valence-corrected chi connectivity index (χ2v) is 3.83. The van der Waals surface area contributed by atoms with Crippen LogP contribution in [-0.4, -0.2) is 84.2 Å². The van der Waals surface area contributed by atoms with Crippen molar-refractivity contribution < 1.29 is 129 Å². The third-order valence-corrected chi connectivity index (χ3v) is 2.21. The summed E-state index contributed by atoms with van der Waals surface area (Å²) in [4.78, 5) is 33.6. The van der Waals surface area contributed by atoms with Gasteiger partial charge < -0.3 is 40.3 Å². The zero-order chi connectivity index (χ0) is 14.8. The van der Waals surface area contributed by atoms with Crippen LogP contribution in [0.4, 0.5) is 0 Å². The van der Waals surface area contributed by atoms with Gasteiger partial charge in [-0.15, -0.1) is 0 Å². The molecule has 10 nitrogen and oxygen atoms in total. The van der Waals surface area contributed by atoms with E-state index in [1.807, 2.05) is 0 Å². The standard InChI is InChI=1S/C10H18N2O7.3Na.H2O/c13-4-3-11(5-8(14)15)1-2-12(6-9(16)17)7-10(18)19;;;;/h13H,1-7H2,(H,14,15)(H,16,17)(H,18,19);;;;1H2/q;3*+1;/p-3. The number of carbonyl (C=O) groups is 3. The van der Waals surface area contributed by atoms with Crippen molar-refractivity contribution >= 4 is 17.9 Å². The molecule has 0 aromatic heterocycles. The van der Waals surface area contributed by atoms with Crippen molar-refractivity contribution in [1.29, 1.82) is 0 Å². The first kappa shape index (κ1) is 35.4. The Bertz CT molecular complexity index is 319. The van der Waals surface area contributed by atoms with E-state index in [1.165, 1.54) is 4.90 Å². The molecule has 0 radical (unpaired) electrons. The maximum atomic E-state index is 10.4. The van der Waals surface area contributed by atoms with Gasteiger partial charge in [0.05, 0.1) is 24.5 Å². The first-order valence-corrected chi connectivity index (χ1v) is 5.50. The number of hydrogen-bond acceptors (Lipinski definition) is 9. The van der Waals surface area contributed by atoms with Gasteiger partial charge in [-0.3, -0.25) is 9.80 Å². The Morgan fingerprint density at radius 3 is 1.30 bits per heavy atom. The Morgan fingerprint density at radius 2 is 1.00 bits per heavy atom. The number of hydrogen-bond donors (Lipinski definition) is 1. The van der Waals surface area contributed by atoms with E-state index in [9.17, 15) is 29.7 Å². The molecule has 0 saturated heterocycles. The van der Waals surface area contributed by atoms with Gasteiger partial charge in [0.25, 0.3) is 0 Å². The molecule has 0 aliphatic rings. The van der Waals surface area contributed by atoms with Gasteiger partial charge in [0, 0.05) is 39.3 Å². The summed E-state index contributed by atoms with van der Waals surface area (Å²) in [5.41, 5.74) is 0. The molecule has 13 heteroatoms. The fourth-order valence-corrected chi connectivity index (χ4v) is 1.46. The summed E-state index contributed by atoms with van der Waals surface area (Å²) in [6, 6.07) is 0. The van der Waals surface area contributed by atoms with Crippen LogP contribution in [-0.2, 0) is 14.4 Å². The fraction of sp³-hybridized carbons (Fsp3) is 0.700. The normalized spacial score (nSPS) is 9.00. The summed E-state index contributed by atoms with van der Waals surface area (Å²) in [6.45, 7) is -1.83. The Labute approximate surface area is 200 Å². The molecule has 0 aromatic carbocycles. The van der Waals surface area contributed by atoms with Gasteiger partial charge in [-0.25, -0.2) is 0 Å². The number of carboxylic acids is 3. The number of aliphatic carboxylic acids is 3. The van der Waals surface area contributed by atoms with Crippen molar-refractivity contribution in [2.75, 3.05) is 45.9 Å². The first-order valence-electron chi connectivity index (χ1n) is 5.50. The van der Waals surface area contributed by atoms with Gasteiger partial charge in [-0.2, -0.15) is 0 Å². The van der Waals surface area contributed by atoms with E-state index >= 15 is 0 Å². The molecule has 0 unspecified atom stereocenters. The van der Waals surface area contributed by atoms with Crippen molar-refractivity contribution in [1.82, 2.24) is 9.80 Å². The minimum atomic E-state index is -1.45. The van der Waals surface area contributed by atoms with E-state index < -0.39 is 37.5 Å². The topological polar surface area (TPSA) is 179 Å². The number of rotatable bonds is 11. The van der Waals surface area contributed by atoms with Gasteiger partial charge in [-0.1, -0.05) is 0 Å². The van der Waals surface area contributed by atoms with Crippen LogP contribution in [0.15, 0.2) is 0 Å². The maximum Gasteiger partial charge on any atom is 1.00 e. The molecule has 3 N–H and O–H groups in total. The molecule has 0 aliphatic heterocycles. The van der Waals surface area contributed by atoms with Gasteiger partial charge in [0.2, 0.25) is 0 Å². The van der Waals surface area contributed by atoms with Crippen molar-refractivity contribution in [2.24, 2.45) is 0 Å². The van der Waals surface area contributed by atoms with Gasteiger partial charge in [0.15, 0.2) is 0 Å². The Kier molecular flexibility index (Phi) is 32.7. The zero-order valence-electron chi connectivity index (χ0n) is 13.7. The summed E-state index contributed by atoms with van der Waals surface area (Å²) < 4.78 is 0. The molecular formula is C10H17N2Na3O8. The van der Waals surface area contributed by atoms with Crippen LogP contribution in [0.3, 0.4) is 0 Å². The molecule has 0 aromatic rings. The quantitative estimate of drug-likeness (QED) is 0.349. The molecule has 0 heterocycles. The third kappa shape index (κ3) is 23.2. The number of nitrogens with zero attached hydrogens (tertiary/aromatic N) is 2. The fourth-order valence-electron chi connectivity index (χ4n) is 1.46. The van der Waals surface area contributed by atoms with Gasteiger partial charge in [0.1, 0.15) is 0 Å². The molecule has 0 aliphatic carbocycles. The number of aliphatic hydroxyl groups excluding tert-OH is 1. The Morgan fingerprint density at radius 1 is 0.696 bits per heavy atom. The van der Waals surface area contributed by atoms with Crippen LogP contribution in [0.1, 0.15) is 0 Å².